The van der Waals surface area contributed by atoms with Gasteiger partial charge in [0.1, 0.15) is 0 Å². The van der Waals surface area contributed by atoms with E-state index in [0.717, 1.165) is 17.1 Å². The summed E-state index contributed by atoms with van der Waals surface area (Å²) in [5.74, 6) is 0. The van der Waals surface area contributed by atoms with E-state index in [1.165, 1.54) is 130 Å². The van der Waals surface area contributed by atoms with E-state index >= 15 is 0 Å². The van der Waals surface area contributed by atoms with Gasteiger partial charge in [0.25, 0.3) is 0 Å². The molecular weight excluding hydrogens is 1010 g/mol. The molecule has 0 radical (unpaired) electrons. The lowest BCUT2D eigenvalue weighted by Gasteiger charge is -2.41. The fraction of sp³-hybridized carbons (Fsp3) is 0.0400. The summed E-state index contributed by atoms with van der Waals surface area (Å²) in [4.78, 5) is 10.4. The Morgan fingerprint density at radius 2 is 0.392 bits per heavy atom. The van der Waals surface area contributed by atoms with Crippen molar-refractivity contribution in [2.45, 2.75) is 45.6 Å². The Morgan fingerprint density at radius 3 is 0.646 bits per heavy atom. The normalized spacial score (nSPS) is 15.5. The molecule has 368 valence electrons. The second-order valence-corrected chi connectivity index (χ2v) is 24.9. The van der Waals surface area contributed by atoms with Gasteiger partial charge in [-0.25, -0.2) is 0 Å². The van der Waals surface area contributed by atoms with Crippen LogP contribution in [-0.2, 0) is 16.2 Å². The average Bonchev–Trinajstić information content (AvgIpc) is 3.86. The first kappa shape index (κ1) is 44.5. The number of benzene rings is 12. The molecule has 0 amide bonds. The molecule has 0 atom stereocenters. The molecule has 0 saturated heterocycles. The van der Waals surface area contributed by atoms with Crippen LogP contribution in [0.5, 0.6) is 0 Å². The second kappa shape index (κ2) is 16.3. The van der Waals surface area contributed by atoms with Crippen molar-refractivity contribution in [3.8, 4) is 33.4 Å². The predicted octanol–water partition coefficient (Wildman–Crippen LogP) is 19.6. The average molecular weight is 1060 g/mol. The maximum atomic E-state index is 2.60. The number of nitrogens with zero attached hydrogens (tertiary/aromatic N) is 1. The van der Waals surface area contributed by atoms with Gasteiger partial charge in [0.15, 0.2) is 0 Å². The third kappa shape index (κ3) is 5.61. The summed E-state index contributed by atoms with van der Waals surface area (Å²) in [5, 5.41) is 0. The van der Waals surface area contributed by atoms with Gasteiger partial charge in [-0.15, -0.1) is 0 Å². The van der Waals surface area contributed by atoms with E-state index in [1.807, 2.05) is 35.3 Å². The Kier molecular flexibility index (Phi) is 9.17. The van der Waals surface area contributed by atoms with Crippen molar-refractivity contribution in [2.24, 2.45) is 0 Å². The molecule has 0 saturated carbocycles. The van der Waals surface area contributed by atoms with Crippen molar-refractivity contribution in [3.63, 3.8) is 0 Å². The highest BCUT2D eigenvalue weighted by Gasteiger charge is 2.54. The zero-order valence-corrected chi connectivity index (χ0v) is 45.1. The van der Waals surface area contributed by atoms with E-state index in [1.54, 1.807) is 0 Å². The van der Waals surface area contributed by atoms with Crippen LogP contribution in [0.15, 0.2) is 302 Å². The fourth-order valence-electron chi connectivity index (χ4n) is 15.4. The summed E-state index contributed by atoms with van der Waals surface area (Å²) in [6.45, 7) is 0. The molecular formula is C75H45NS3. The zero-order valence-electron chi connectivity index (χ0n) is 42.7. The van der Waals surface area contributed by atoms with Crippen molar-refractivity contribution < 1.29 is 0 Å². The molecule has 0 N–H and O–H groups in total. The van der Waals surface area contributed by atoms with Gasteiger partial charge in [-0.2, -0.15) is 0 Å². The van der Waals surface area contributed by atoms with Crippen molar-refractivity contribution in [1.82, 2.24) is 0 Å². The van der Waals surface area contributed by atoms with Gasteiger partial charge in [0.05, 0.1) is 16.2 Å². The van der Waals surface area contributed by atoms with Gasteiger partial charge in [0.2, 0.25) is 0 Å². The molecule has 0 unspecified atom stereocenters. The van der Waals surface area contributed by atoms with Gasteiger partial charge >= 0.3 is 0 Å². The highest BCUT2D eigenvalue weighted by atomic mass is 32.2. The van der Waals surface area contributed by atoms with Crippen molar-refractivity contribution in [2.75, 3.05) is 4.90 Å². The maximum absolute atomic E-state index is 2.60. The van der Waals surface area contributed by atoms with Crippen LogP contribution in [0.25, 0.3) is 33.4 Å². The number of hydrogen-bond donors (Lipinski definition) is 0. The van der Waals surface area contributed by atoms with Crippen LogP contribution < -0.4 is 4.90 Å². The summed E-state index contributed by atoms with van der Waals surface area (Å²) in [6.07, 6.45) is 0. The lowest BCUT2D eigenvalue weighted by atomic mass is 9.67. The maximum Gasteiger partial charge on any atom is 0.0736 e. The first-order valence-electron chi connectivity index (χ1n) is 27.3. The van der Waals surface area contributed by atoms with Gasteiger partial charge < -0.3 is 4.90 Å². The largest absolute Gasteiger partial charge is 0.310 e. The van der Waals surface area contributed by atoms with Crippen molar-refractivity contribution in [3.05, 3.63) is 340 Å². The van der Waals surface area contributed by atoms with Crippen LogP contribution in [0.1, 0.15) is 66.8 Å². The van der Waals surface area contributed by atoms with E-state index in [2.05, 4.69) is 278 Å². The lowest BCUT2D eigenvalue weighted by molar-refractivity contribution is 0.721. The third-order valence-electron chi connectivity index (χ3n) is 18.3. The van der Waals surface area contributed by atoms with Crippen LogP contribution in [0, 0.1) is 0 Å². The van der Waals surface area contributed by atoms with E-state index in [0.29, 0.717) is 0 Å². The molecule has 3 heterocycles. The molecule has 18 rings (SSSR count). The molecule has 6 aliphatic rings. The van der Waals surface area contributed by atoms with E-state index in [9.17, 15) is 0 Å². The lowest BCUT2D eigenvalue weighted by Crippen LogP contribution is -2.32. The molecule has 3 aliphatic heterocycles. The Morgan fingerprint density at radius 1 is 0.190 bits per heavy atom. The molecule has 4 heteroatoms. The van der Waals surface area contributed by atoms with Gasteiger partial charge in [-0.1, -0.05) is 235 Å². The van der Waals surface area contributed by atoms with Crippen LogP contribution in [-0.4, -0.2) is 0 Å². The zero-order chi connectivity index (χ0) is 51.6. The molecule has 3 aliphatic carbocycles. The summed E-state index contributed by atoms with van der Waals surface area (Å²) >= 11 is 5.69. The quantitative estimate of drug-likeness (QED) is 0.173. The summed E-state index contributed by atoms with van der Waals surface area (Å²) in [6, 6.07) is 105. The highest BCUT2D eigenvalue weighted by Crippen LogP contribution is 2.67. The first-order chi connectivity index (χ1) is 39.2. The van der Waals surface area contributed by atoms with Crippen LogP contribution in [0.4, 0.5) is 17.1 Å². The molecule has 12 aromatic rings. The topological polar surface area (TPSA) is 3.24 Å². The third-order valence-corrected chi connectivity index (χ3v) is 21.7. The second-order valence-electron chi connectivity index (χ2n) is 21.7. The summed E-state index contributed by atoms with van der Waals surface area (Å²) < 4.78 is 0. The van der Waals surface area contributed by atoms with Crippen LogP contribution >= 0.6 is 35.3 Å². The summed E-state index contributed by atoms with van der Waals surface area (Å²) in [5.41, 5.74) is 25.4. The van der Waals surface area contributed by atoms with Crippen molar-refractivity contribution in [1.29, 1.82) is 0 Å². The monoisotopic (exact) mass is 1060 g/mol. The first-order valence-corrected chi connectivity index (χ1v) is 29.8. The SMILES string of the molecule is c1ccc2c(c1)Sc1ccccc1C21c2ccccc2-c2ccc(N(c3ccc4c(c3)C3(c5ccccc5Sc5ccccc53)c3ccccc3-4)c3ccc4c(c3)C3(c5ccccc5Sc5ccccc53)c3ccccc3-4)cc21. The van der Waals surface area contributed by atoms with Crippen LogP contribution in [0.2, 0.25) is 0 Å². The Hall–Kier alpha value is -8.51. The number of hydrogen-bond acceptors (Lipinski definition) is 4. The molecule has 0 aromatic heterocycles. The highest BCUT2D eigenvalue weighted by molar-refractivity contribution is 8.00. The Balaban J connectivity index is 0.946. The number of anilines is 3. The molecule has 0 bridgehead atoms. The van der Waals surface area contributed by atoms with E-state index in [-0.39, 0.29) is 0 Å². The van der Waals surface area contributed by atoms with Gasteiger partial charge in [-0.05, 0) is 173 Å². The molecule has 12 aromatic carbocycles. The van der Waals surface area contributed by atoms with E-state index < -0.39 is 16.2 Å². The minimum atomic E-state index is -0.542. The van der Waals surface area contributed by atoms with Gasteiger partial charge in [-0.3, -0.25) is 0 Å². The molecule has 79 heavy (non-hydrogen) atoms. The van der Waals surface area contributed by atoms with Crippen LogP contribution in [0.3, 0.4) is 0 Å². The minimum Gasteiger partial charge on any atom is -0.310 e. The number of rotatable bonds is 3. The predicted molar refractivity (Wildman–Crippen MR) is 325 cm³/mol. The molecule has 1 nitrogen and oxygen atoms in total. The van der Waals surface area contributed by atoms with Gasteiger partial charge in [0, 0.05) is 46.4 Å². The summed E-state index contributed by atoms with van der Waals surface area (Å²) in [7, 11) is 0. The standard InChI is InChI=1S/C75H45NS3/c1-4-22-55-49(19-1)52-40-37-46(43-64(52)73(55)58-25-7-13-31-67(58)77-68-32-14-8-26-59(68)73)76(47-38-41-53-50-20-2-5-23-56(50)74(65(53)44-47)60-27-9-15-33-69(60)78-70-34-16-10-28-61(70)74)48-39-42-54-51-21-3-6-24-57(51)75(66(54)45-48)62-29-11-17-35-71(62)79-72-36-18-12-30-63(72)75/h1-45H. The Bertz CT molecular complexity index is 4040. The smallest absolute Gasteiger partial charge is 0.0736 e. The molecule has 0 fully saturated rings. The minimum absolute atomic E-state index is 0.542. The fourth-order valence-corrected chi connectivity index (χ4v) is 19.0. The number of fused-ring (bicyclic) bond motifs is 27. The van der Waals surface area contributed by atoms with Crippen molar-refractivity contribution >= 4 is 52.3 Å². The molecule has 3 spiro atoms. The van der Waals surface area contributed by atoms with E-state index in [4.69, 9.17) is 0 Å². The Labute approximate surface area is 472 Å².